The van der Waals surface area contributed by atoms with Crippen molar-refractivity contribution in [2.45, 2.75) is 6.92 Å². The van der Waals surface area contributed by atoms with Gasteiger partial charge >= 0.3 is 0 Å². The number of anilines is 1. The van der Waals surface area contributed by atoms with Gasteiger partial charge in [0.25, 0.3) is 5.91 Å². The molecule has 0 unspecified atom stereocenters. The summed E-state index contributed by atoms with van der Waals surface area (Å²) in [5.41, 5.74) is 1.29. The number of carbonyl (C=O) groups excluding carboxylic acids is 1. The number of carbonyl (C=O) groups is 1. The lowest BCUT2D eigenvalue weighted by Crippen LogP contribution is -2.14. The molecule has 2 N–H and O–H groups in total. The largest absolute Gasteiger partial charge is 0.304 e. The van der Waals surface area contributed by atoms with Crippen LogP contribution in [0, 0.1) is 6.92 Å². The number of aromatic amines is 1. The van der Waals surface area contributed by atoms with E-state index in [1.54, 1.807) is 12.3 Å². The molecular weight excluding hydrogens is 240 g/mol. The van der Waals surface area contributed by atoms with Crippen LogP contribution in [-0.2, 0) is 0 Å². The van der Waals surface area contributed by atoms with Crippen LogP contribution in [0.3, 0.4) is 0 Å². The summed E-state index contributed by atoms with van der Waals surface area (Å²) in [6.45, 7) is 1.87. The minimum Gasteiger partial charge on any atom is -0.304 e. The zero-order valence-electron chi connectivity index (χ0n) is 10.3. The molecule has 0 saturated heterocycles. The van der Waals surface area contributed by atoms with E-state index in [9.17, 15) is 4.79 Å². The van der Waals surface area contributed by atoms with Crippen LogP contribution in [0.2, 0.25) is 0 Å². The first-order valence-corrected chi connectivity index (χ1v) is 5.91. The summed E-state index contributed by atoms with van der Waals surface area (Å²) in [5, 5.41) is 11.3. The van der Waals surface area contributed by atoms with Crippen LogP contribution in [0.15, 0.2) is 42.6 Å². The highest BCUT2D eigenvalue weighted by atomic mass is 16.1. The molecule has 0 saturated carbocycles. The Hall–Kier alpha value is -2.69. The van der Waals surface area contributed by atoms with Gasteiger partial charge in [-0.3, -0.25) is 14.9 Å². The molecule has 0 aliphatic carbocycles. The maximum absolute atomic E-state index is 12.2. The lowest BCUT2D eigenvalue weighted by molar-refractivity contribution is 0.102. The van der Waals surface area contributed by atoms with E-state index in [2.05, 4.69) is 20.5 Å². The molecule has 3 rings (SSSR count). The molecule has 0 aliphatic heterocycles. The van der Waals surface area contributed by atoms with Crippen LogP contribution in [0.25, 0.3) is 10.8 Å². The van der Waals surface area contributed by atoms with Crippen molar-refractivity contribution in [2.75, 3.05) is 5.32 Å². The van der Waals surface area contributed by atoms with Gasteiger partial charge in [0.2, 0.25) is 0 Å². The van der Waals surface area contributed by atoms with Crippen molar-refractivity contribution in [2.24, 2.45) is 0 Å². The Bertz CT molecular complexity index is 743. The summed E-state index contributed by atoms with van der Waals surface area (Å²) >= 11 is 0. The molecular formula is C14H12N4O. The first-order valence-electron chi connectivity index (χ1n) is 5.91. The lowest BCUT2D eigenvalue weighted by atomic mass is 10.1. The molecule has 0 bridgehead atoms. The minimum absolute atomic E-state index is 0.261. The number of amides is 1. The molecule has 3 aromatic rings. The highest BCUT2D eigenvalue weighted by molar-refractivity contribution is 6.10. The van der Waals surface area contributed by atoms with Crippen molar-refractivity contribution in [3.63, 3.8) is 0 Å². The van der Waals surface area contributed by atoms with Crippen LogP contribution < -0.4 is 5.32 Å². The predicted molar refractivity (Wildman–Crippen MR) is 73.0 cm³/mol. The van der Waals surface area contributed by atoms with E-state index >= 15 is 0 Å². The fourth-order valence-corrected chi connectivity index (χ4v) is 1.96. The van der Waals surface area contributed by atoms with Gasteiger partial charge in [-0.1, -0.05) is 24.3 Å². The number of hydrogen-bond acceptors (Lipinski definition) is 3. The number of benzene rings is 1. The second kappa shape index (κ2) is 4.53. The second-order valence-corrected chi connectivity index (χ2v) is 4.27. The van der Waals surface area contributed by atoms with Gasteiger partial charge in [-0.2, -0.15) is 5.10 Å². The maximum Gasteiger partial charge on any atom is 0.276 e. The third-order valence-electron chi connectivity index (χ3n) is 2.84. The fraction of sp³-hybridized carbons (Fsp3) is 0.0714. The first kappa shape index (κ1) is 11.4. The first-order chi connectivity index (χ1) is 9.24. The molecule has 5 heteroatoms. The molecule has 94 valence electrons. The molecule has 5 nitrogen and oxygen atoms in total. The van der Waals surface area contributed by atoms with Gasteiger partial charge < -0.3 is 5.32 Å². The number of pyridine rings is 1. The third-order valence-corrected chi connectivity index (χ3v) is 2.84. The molecule has 0 aliphatic rings. The summed E-state index contributed by atoms with van der Waals surface area (Å²) in [5.74, 6) is 0.237. The van der Waals surface area contributed by atoms with Crippen molar-refractivity contribution in [1.82, 2.24) is 15.2 Å². The van der Waals surface area contributed by atoms with Gasteiger partial charge in [-0.15, -0.1) is 0 Å². The zero-order valence-corrected chi connectivity index (χ0v) is 10.3. The molecule has 2 heterocycles. The smallest absolute Gasteiger partial charge is 0.276 e. The SMILES string of the molecule is Cc1cc(NC(=O)c2nccc3ccccc23)n[nH]1. The molecule has 2 aromatic heterocycles. The van der Waals surface area contributed by atoms with Crippen LogP contribution in [0.4, 0.5) is 5.82 Å². The molecule has 0 spiro atoms. The number of rotatable bonds is 2. The number of aromatic nitrogens is 3. The standard InChI is InChI=1S/C14H12N4O/c1-9-8-12(18-17-9)16-14(19)13-11-5-3-2-4-10(11)6-7-15-13/h2-8H,1H3,(H2,16,17,18,19). The second-order valence-electron chi connectivity index (χ2n) is 4.27. The molecule has 0 fully saturated rings. The van der Waals surface area contributed by atoms with Crippen molar-refractivity contribution in [1.29, 1.82) is 0 Å². The van der Waals surface area contributed by atoms with Gasteiger partial charge in [0, 0.05) is 23.3 Å². The summed E-state index contributed by atoms with van der Waals surface area (Å²) in [6.07, 6.45) is 1.63. The molecule has 1 aromatic carbocycles. The lowest BCUT2D eigenvalue weighted by Gasteiger charge is -2.04. The minimum atomic E-state index is -0.261. The van der Waals surface area contributed by atoms with E-state index in [0.29, 0.717) is 11.5 Å². The average molecular weight is 252 g/mol. The van der Waals surface area contributed by atoms with Crippen LogP contribution in [0.5, 0.6) is 0 Å². The molecule has 1 amide bonds. The van der Waals surface area contributed by atoms with Gasteiger partial charge in [0.15, 0.2) is 5.82 Å². The predicted octanol–water partition coefficient (Wildman–Crippen LogP) is 2.52. The Morgan fingerprint density at radius 3 is 2.89 bits per heavy atom. The number of fused-ring (bicyclic) bond motifs is 1. The van der Waals surface area contributed by atoms with Crippen LogP contribution in [0.1, 0.15) is 16.2 Å². The highest BCUT2D eigenvalue weighted by Gasteiger charge is 2.12. The number of hydrogen-bond donors (Lipinski definition) is 2. The topological polar surface area (TPSA) is 70.7 Å². The Morgan fingerprint density at radius 1 is 1.26 bits per heavy atom. The van der Waals surface area contributed by atoms with Crippen molar-refractivity contribution in [3.05, 3.63) is 54.0 Å². The molecule has 0 atom stereocenters. The van der Waals surface area contributed by atoms with E-state index in [0.717, 1.165) is 16.5 Å². The van der Waals surface area contributed by atoms with Gasteiger partial charge in [0.05, 0.1) is 0 Å². The summed E-state index contributed by atoms with van der Waals surface area (Å²) in [4.78, 5) is 16.4. The quantitative estimate of drug-likeness (QED) is 0.736. The molecule has 19 heavy (non-hydrogen) atoms. The number of aryl methyl sites for hydroxylation is 1. The fourth-order valence-electron chi connectivity index (χ4n) is 1.96. The van der Waals surface area contributed by atoms with Crippen LogP contribution in [-0.4, -0.2) is 21.1 Å². The van der Waals surface area contributed by atoms with Gasteiger partial charge in [-0.25, -0.2) is 0 Å². The van der Waals surface area contributed by atoms with Crippen molar-refractivity contribution < 1.29 is 4.79 Å². The number of nitrogens with zero attached hydrogens (tertiary/aromatic N) is 2. The van der Waals surface area contributed by atoms with Gasteiger partial charge in [-0.05, 0) is 18.4 Å². The van der Waals surface area contributed by atoms with Gasteiger partial charge in [0.1, 0.15) is 5.69 Å². The average Bonchev–Trinajstić information content (AvgIpc) is 2.83. The van der Waals surface area contributed by atoms with E-state index in [1.807, 2.05) is 37.3 Å². The highest BCUT2D eigenvalue weighted by Crippen LogP contribution is 2.17. The van der Waals surface area contributed by atoms with Crippen molar-refractivity contribution in [3.8, 4) is 0 Å². The Morgan fingerprint density at radius 2 is 2.11 bits per heavy atom. The number of H-pyrrole nitrogens is 1. The Balaban J connectivity index is 1.97. The number of nitrogens with one attached hydrogen (secondary N) is 2. The van der Waals surface area contributed by atoms with E-state index in [-0.39, 0.29) is 5.91 Å². The summed E-state index contributed by atoms with van der Waals surface area (Å²) < 4.78 is 0. The van der Waals surface area contributed by atoms with E-state index < -0.39 is 0 Å². The van der Waals surface area contributed by atoms with Crippen LogP contribution >= 0.6 is 0 Å². The monoisotopic (exact) mass is 252 g/mol. The van der Waals surface area contributed by atoms with Crippen molar-refractivity contribution >= 4 is 22.5 Å². The Labute approximate surface area is 109 Å². The summed E-state index contributed by atoms with van der Waals surface area (Å²) in [7, 11) is 0. The normalized spacial score (nSPS) is 10.6. The van der Waals surface area contributed by atoms with E-state index in [1.165, 1.54) is 0 Å². The maximum atomic E-state index is 12.2. The third kappa shape index (κ3) is 2.18. The zero-order chi connectivity index (χ0) is 13.2. The summed E-state index contributed by atoms with van der Waals surface area (Å²) in [6, 6.07) is 11.3. The molecule has 0 radical (unpaired) electrons. The Kier molecular flexibility index (Phi) is 2.72. The van der Waals surface area contributed by atoms with E-state index in [4.69, 9.17) is 0 Å².